The van der Waals surface area contributed by atoms with Crippen molar-refractivity contribution in [1.29, 1.82) is 0 Å². The van der Waals surface area contributed by atoms with Gasteiger partial charge in [-0.2, -0.15) is 0 Å². The van der Waals surface area contributed by atoms with Crippen LogP contribution in [0.3, 0.4) is 0 Å². The second kappa shape index (κ2) is 5.75. The first-order valence-electron chi connectivity index (χ1n) is 6.68. The molecule has 2 heteroatoms. The van der Waals surface area contributed by atoms with E-state index in [1.54, 1.807) is 0 Å². The number of hydrogen-bond acceptors (Lipinski definition) is 2. The number of nitrogens with two attached hydrogens (primary N) is 1. The van der Waals surface area contributed by atoms with Crippen LogP contribution < -0.4 is 10.5 Å². The van der Waals surface area contributed by atoms with Gasteiger partial charge in [0.05, 0.1) is 0 Å². The molecule has 0 aliphatic carbocycles. The highest BCUT2D eigenvalue weighted by Gasteiger charge is 2.27. The Hall–Kier alpha value is -1.02. The predicted octanol–water partition coefficient (Wildman–Crippen LogP) is 3.74. The van der Waals surface area contributed by atoms with Crippen molar-refractivity contribution in [1.82, 2.24) is 0 Å². The molecule has 1 aromatic carbocycles. The van der Waals surface area contributed by atoms with E-state index in [0.29, 0.717) is 18.6 Å². The van der Waals surface area contributed by atoms with E-state index in [-0.39, 0.29) is 5.41 Å². The van der Waals surface area contributed by atoms with Crippen LogP contribution in [0.25, 0.3) is 0 Å². The molecule has 0 atom stereocenters. The Balaban J connectivity index is 2.77. The van der Waals surface area contributed by atoms with E-state index in [9.17, 15) is 0 Å². The molecule has 2 N–H and O–H groups in total. The van der Waals surface area contributed by atoms with Gasteiger partial charge in [-0.25, -0.2) is 0 Å². The summed E-state index contributed by atoms with van der Waals surface area (Å²) in [6.45, 7) is 12.6. The minimum absolute atomic E-state index is 0.185. The second-order valence-corrected chi connectivity index (χ2v) is 6.78. The first-order chi connectivity index (χ1) is 8.24. The molecule has 0 radical (unpaired) electrons. The summed E-state index contributed by atoms with van der Waals surface area (Å²) < 4.78 is 5.50. The molecular weight excluding hydrogens is 222 g/mol. The zero-order chi connectivity index (χ0) is 13.8. The van der Waals surface area contributed by atoms with Gasteiger partial charge in [-0.05, 0) is 34.9 Å². The molecule has 18 heavy (non-hydrogen) atoms. The monoisotopic (exact) mass is 249 g/mol. The summed E-state index contributed by atoms with van der Waals surface area (Å²) in [5, 5.41) is 0. The number of benzene rings is 1. The Bertz CT molecular complexity index is 360. The van der Waals surface area contributed by atoms with Crippen molar-refractivity contribution in [3.05, 3.63) is 29.8 Å². The maximum atomic E-state index is 5.50. The molecule has 0 aliphatic rings. The maximum Gasteiger partial charge on any atom is 0.119 e. The molecule has 0 fully saturated rings. The largest absolute Gasteiger partial charge is 0.492 e. The van der Waals surface area contributed by atoms with E-state index >= 15 is 0 Å². The van der Waals surface area contributed by atoms with E-state index in [1.165, 1.54) is 5.56 Å². The van der Waals surface area contributed by atoms with Crippen LogP contribution in [0, 0.1) is 5.41 Å². The molecule has 0 aliphatic heterocycles. The predicted molar refractivity (Wildman–Crippen MR) is 78.1 cm³/mol. The molecule has 0 saturated heterocycles. The fourth-order valence-corrected chi connectivity index (χ4v) is 2.61. The summed E-state index contributed by atoms with van der Waals surface area (Å²) in [7, 11) is 0. The van der Waals surface area contributed by atoms with Crippen LogP contribution >= 0.6 is 0 Å². The molecule has 0 spiro atoms. The van der Waals surface area contributed by atoms with Crippen LogP contribution in [0.4, 0.5) is 0 Å². The van der Waals surface area contributed by atoms with Gasteiger partial charge in [0, 0.05) is 6.54 Å². The molecular formula is C16H27NO. The molecule has 0 bridgehead atoms. The number of ether oxygens (including phenoxy) is 1. The van der Waals surface area contributed by atoms with Crippen LogP contribution in [0.1, 0.15) is 46.6 Å². The van der Waals surface area contributed by atoms with Crippen molar-refractivity contribution in [2.45, 2.75) is 46.5 Å². The van der Waals surface area contributed by atoms with E-state index in [4.69, 9.17) is 10.5 Å². The first kappa shape index (κ1) is 15.0. The quantitative estimate of drug-likeness (QED) is 0.862. The van der Waals surface area contributed by atoms with Crippen molar-refractivity contribution < 1.29 is 4.74 Å². The zero-order valence-corrected chi connectivity index (χ0v) is 12.4. The van der Waals surface area contributed by atoms with Crippen molar-refractivity contribution >= 4 is 0 Å². The summed E-state index contributed by atoms with van der Waals surface area (Å²) in [6.07, 6.45) is 1.16. The smallest absolute Gasteiger partial charge is 0.119 e. The summed E-state index contributed by atoms with van der Waals surface area (Å²) in [4.78, 5) is 0. The lowest BCUT2D eigenvalue weighted by molar-refractivity contribution is 0.283. The summed E-state index contributed by atoms with van der Waals surface area (Å²) in [5.41, 5.74) is 7.30. The van der Waals surface area contributed by atoms with Crippen molar-refractivity contribution in [2.24, 2.45) is 11.1 Å². The van der Waals surface area contributed by atoms with E-state index in [0.717, 1.165) is 12.2 Å². The highest BCUT2D eigenvalue weighted by atomic mass is 16.5. The van der Waals surface area contributed by atoms with Crippen LogP contribution in [-0.2, 0) is 5.41 Å². The van der Waals surface area contributed by atoms with Gasteiger partial charge in [0.25, 0.3) is 0 Å². The van der Waals surface area contributed by atoms with Gasteiger partial charge in [0.2, 0.25) is 0 Å². The number of rotatable bonds is 5. The van der Waals surface area contributed by atoms with Crippen LogP contribution in [0.5, 0.6) is 5.75 Å². The summed E-state index contributed by atoms with van der Waals surface area (Å²) >= 11 is 0. The third kappa shape index (κ3) is 4.69. The van der Waals surface area contributed by atoms with E-state index < -0.39 is 0 Å². The standard InChI is InChI=1S/C16H27NO/c1-15(2,3)12-16(4,5)13-6-8-14(9-7-13)18-11-10-17/h6-9H,10-12,17H2,1-5H3. The van der Waals surface area contributed by atoms with Gasteiger partial charge in [0.15, 0.2) is 0 Å². The van der Waals surface area contributed by atoms with Gasteiger partial charge in [-0.15, -0.1) is 0 Å². The van der Waals surface area contributed by atoms with Crippen molar-refractivity contribution in [3.63, 3.8) is 0 Å². The van der Waals surface area contributed by atoms with E-state index in [2.05, 4.69) is 46.8 Å². The average Bonchev–Trinajstić information content (AvgIpc) is 2.23. The van der Waals surface area contributed by atoms with E-state index in [1.807, 2.05) is 12.1 Å². The zero-order valence-electron chi connectivity index (χ0n) is 12.4. The normalized spacial score (nSPS) is 12.6. The molecule has 2 nitrogen and oxygen atoms in total. The Morgan fingerprint density at radius 3 is 2.00 bits per heavy atom. The summed E-state index contributed by atoms with van der Waals surface area (Å²) in [6, 6.07) is 8.40. The minimum atomic E-state index is 0.185. The molecule has 102 valence electrons. The average molecular weight is 249 g/mol. The Kier molecular flexibility index (Phi) is 4.80. The van der Waals surface area contributed by atoms with Gasteiger partial charge in [-0.3, -0.25) is 0 Å². The highest BCUT2D eigenvalue weighted by Crippen LogP contribution is 2.36. The second-order valence-electron chi connectivity index (χ2n) is 6.78. The maximum absolute atomic E-state index is 5.50. The Morgan fingerprint density at radius 1 is 1.00 bits per heavy atom. The third-order valence-corrected chi connectivity index (χ3v) is 2.99. The highest BCUT2D eigenvalue weighted by molar-refractivity contribution is 5.31. The molecule has 0 unspecified atom stereocenters. The molecule has 0 aromatic heterocycles. The minimum Gasteiger partial charge on any atom is -0.492 e. The van der Waals surface area contributed by atoms with Gasteiger partial charge in [0.1, 0.15) is 12.4 Å². The topological polar surface area (TPSA) is 35.2 Å². The summed E-state index contributed by atoms with van der Waals surface area (Å²) in [5.74, 6) is 0.899. The lowest BCUT2D eigenvalue weighted by atomic mass is 9.72. The SMILES string of the molecule is CC(C)(C)CC(C)(C)c1ccc(OCCN)cc1. The van der Waals surface area contributed by atoms with Crippen molar-refractivity contribution in [3.8, 4) is 5.75 Å². The fraction of sp³-hybridized carbons (Fsp3) is 0.625. The molecule has 0 saturated carbocycles. The molecule has 1 rings (SSSR count). The third-order valence-electron chi connectivity index (χ3n) is 2.99. The lowest BCUT2D eigenvalue weighted by Gasteiger charge is -2.33. The Morgan fingerprint density at radius 2 is 1.56 bits per heavy atom. The van der Waals surface area contributed by atoms with Gasteiger partial charge < -0.3 is 10.5 Å². The van der Waals surface area contributed by atoms with Crippen LogP contribution in [-0.4, -0.2) is 13.2 Å². The molecule has 0 heterocycles. The first-order valence-corrected chi connectivity index (χ1v) is 6.68. The Labute approximate surface area is 112 Å². The lowest BCUT2D eigenvalue weighted by Crippen LogP contribution is -2.24. The van der Waals surface area contributed by atoms with Gasteiger partial charge in [-0.1, -0.05) is 46.8 Å². The van der Waals surface area contributed by atoms with Crippen molar-refractivity contribution in [2.75, 3.05) is 13.2 Å². The fourth-order valence-electron chi connectivity index (χ4n) is 2.61. The van der Waals surface area contributed by atoms with Gasteiger partial charge >= 0.3 is 0 Å². The van der Waals surface area contributed by atoms with Crippen LogP contribution in [0.2, 0.25) is 0 Å². The van der Waals surface area contributed by atoms with Crippen LogP contribution in [0.15, 0.2) is 24.3 Å². The number of hydrogen-bond donors (Lipinski definition) is 1. The molecule has 0 amide bonds. The molecule has 1 aromatic rings.